The lowest BCUT2D eigenvalue weighted by atomic mass is 9.94. The van der Waals surface area contributed by atoms with E-state index in [0.29, 0.717) is 5.92 Å². The Kier molecular flexibility index (Phi) is 17.0. The van der Waals surface area contributed by atoms with E-state index in [0.717, 1.165) is 27.3 Å². The SMILES string of the molecule is CCCCCCCCCCC(CCCCCCCC)COc1cc(C=O)sc1Br. The Morgan fingerprint density at radius 1 is 0.862 bits per heavy atom. The van der Waals surface area contributed by atoms with Gasteiger partial charge < -0.3 is 4.74 Å². The minimum absolute atomic E-state index is 0.632. The van der Waals surface area contributed by atoms with Gasteiger partial charge in [0.15, 0.2) is 6.29 Å². The Balaban J connectivity index is 2.31. The number of hydrogen-bond donors (Lipinski definition) is 0. The number of carbonyl (C=O) groups is 1. The van der Waals surface area contributed by atoms with E-state index < -0.39 is 0 Å². The minimum Gasteiger partial charge on any atom is -0.491 e. The number of hydrogen-bond acceptors (Lipinski definition) is 3. The number of ether oxygens (including phenoxy) is 1. The van der Waals surface area contributed by atoms with Gasteiger partial charge in [0.1, 0.15) is 9.54 Å². The monoisotopic (exact) mass is 486 g/mol. The summed E-state index contributed by atoms with van der Waals surface area (Å²) >= 11 is 4.98. The summed E-state index contributed by atoms with van der Waals surface area (Å²) in [5, 5.41) is 0. The first-order valence-electron chi connectivity index (χ1n) is 12.1. The van der Waals surface area contributed by atoms with Gasteiger partial charge in [0.25, 0.3) is 0 Å². The van der Waals surface area contributed by atoms with Crippen LogP contribution < -0.4 is 4.74 Å². The van der Waals surface area contributed by atoms with Gasteiger partial charge in [-0.15, -0.1) is 11.3 Å². The first-order chi connectivity index (χ1) is 14.2. The maximum Gasteiger partial charge on any atom is 0.160 e. The molecule has 1 aromatic heterocycles. The molecule has 0 aliphatic rings. The van der Waals surface area contributed by atoms with Crippen molar-refractivity contribution >= 4 is 33.6 Å². The topological polar surface area (TPSA) is 26.3 Å². The third-order valence-corrected chi connectivity index (χ3v) is 7.40. The zero-order valence-corrected chi connectivity index (χ0v) is 21.3. The van der Waals surface area contributed by atoms with E-state index in [4.69, 9.17) is 4.74 Å². The van der Waals surface area contributed by atoms with Gasteiger partial charge in [0.2, 0.25) is 0 Å². The van der Waals surface area contributed by atoms with Gasteiger partial charge in [0.05, 0.1) is 11.5 Å². The molecule has 168 valence electrons. The van der Waals surface area contributed by atoms with E-state index in [-0.39, 0.29) is 0 Å². The zero-order chi connectivity index (χ0) is 21.2. The molecule has 1 heterocycles. The molecule has 2 nitrogen and oxygen atoms in total. The van der Waals surface area contributed by atoms with Crippen LogP contribution in [-0.2, 0) is 0 Å². The number of aldehydes is 1. The van der Waals surface area contributed by atoms with Crippen LogP contribution in [0.5, 0.6) is 5.75 Å². The van der Waals surface area contributed by atoms with E-state index in [9.17, 15) is 4.79 Å². The van der Waals surface area contributed by atoms with Gasteiger partial charge in [-0.2, -0.15) is 0 Å². The molecule has 0 fully saturated rings. The summed E-state index contributed by atoms with van der Waals surface area (Å²) in [6, 6.07) is 1.86. The van der Waals surface area contributed by atoms with Crippen LogP contribution >= 0.6 is 27.3 Å². The fourth-order valence-electron chi connectivity index (χ4n) is 3.82. The fraction of sp³-hybridized carbons (Fsp3) is 0.800. The number of rotatable bonds is 20. The van der Waals surface area contributed by atoms with Crippen LogP contribution in [0.4, 0.5) is 0 Å². The first kappa shape index (κ1) is 26.7. The predicted molar refractivity (Wildman–Crippen MR) is 132 cm³/mol. The number of halogens is 1. The third kappa shape index (κ3) is 13.5. The van der Waals surface area contributed by atoms with Crippen molar-refractivity contribution in [3.8, 4) is 5.75 Å². The molecule has 1 atom stereocenters. The smallest absolute Gasteiger partial charge is 0.160 e. The second kappa shape index (κ2) is 18.4. The predicted octanol–water partition coefficient (Wildman–Crippen LogP) is 9.60. The van der Waals surface area contributed by atoms with Gasteiger partial charge in [-0.3, -0.25) is 4.79 Å². The van der Waals surface area contributed by atoms with E-state index in [2.05, 4.69) is 29.8 Å². The quantitative estimate of drug-likeness (QED) is 0.135. The van der Waals surface area contributed by atoms with Crippen LogP contribution in [0.2, 0.25) is 0 Å². The number of carbonyl (C=O) groups excluding carboxylic acids is 1. The van der Waals surface area contributed by atoms with E-state index in [1.165, 1.54) is 114 Å². The summed E-state index contributed by atoms with van der Waals surface area (Å²) < 4.78 is 7.04. The summed E-state index contributed by atoms with van der Waals surface area (Å²) in [6.45, 7) is 5.33. The van der Waals surface area contributed by atoms with E-state index in [1.807, 2.05) is 6.07 Å². The molecule has 0 bridgehead atoms. The molecule has 1 unspecified atom stereocenters. The largest absolute Gasteiger partial charge is 0.491 e. The second-order valence-corrected chi connectivity index (χ2v) is 10.8. The molecule has 0 amide bonds. The van der Waals surface area contributed by atoms with Crippen molar-refractivity contribution in [1.82, 2.24) is 0 Å². The maximum absolute atomic E-state index is 11.0. The van der Waals surface area contributed by atoms with Gasteiger partial charge in [0, 0.05) is 6.07 Å². The van der Waals surface area contributed by atoms with Crippen molar-refractivity contribution in [2.24, 2.45) is 5.92 Å². The molecular weight excluding hydrogens is 444 g/mol. The van der Waals surface area contributed by atoms with Crippen molar-refractivity contribution in [2.45, 2.75) is 117 Å². The Morgan fingerprint density at radius 2 is 1.34 bits per heavy atom. The lowest BCUT2D eigenvalue weighted by Gasteiger charge is -2.17. The fourth-order valence-corrected chi connectivity index (χ4v) is 5.25. The summed E-state index contributed by atoms with van der Waals surface area (Å²) in [5.41, 5.74) is 0. The Hall–Kier alpha value is -0.350. The molecule has 1 rings (SSSR count). The Morgan fingerprint density at radius 3 is 1.79 bits per heavy atom. The molecule has 29 heavy (non-hydrogen) atoms. The second-order valence-electron chi connectivity index (χ2n) is 8.40. The summed E-state index contributed by atoms with van der Waals surface area (Å²) in [7, 11) is 0. The minimum atomic E-state index is 0.632. The van der Waals surface area contributed by atoms with Crippen molar-refractivity contribution in [1.29, 1.82) is 0 Å². The maximum atomic E-state index is 11.0. The number of unbranched alkanes of at least 4 members (excludes halogenated alkanes) is 12. The normalized spacial score (nSPS) is 12.2. The van der Waals surface area contributed by atoms with Crippen LogP contribution in [-0.4, -0.2) is 12.9 Å². The summed E-state index contributed by atoms with van der Waals surface area (Å²) in [5.74, 6) is 1.47. The molecule has 4 heteroatoms. The van der Waals surface area contributed by atoms with Gasteiger partial charge in [-0.25, -0.2) is 0 Å². The highest BCUT2D eigenvalue weighted by Crippen LogP contribution is 2.34. The molecule has 0 aliphatic carbocycles. The highest BCUT2D eigenvalue weighted by Gasteiger charge is 2.13. The lowest BCUT2D eigenvalue weighted by Crippen LogP contribution is -2.12. The van der Waals surface area contributed by atoms with Crippen LogP contribution in [0.25, 0.3) is 0 Å². The lowest BCUT2D eigenvalue weighted by molar-refractivity contribution is 0.112. The third-order valence-electron chi connectivity index (χ3n) is 5.70. The van der Waals surface area contributed by atoms with Gasteiger partial charge in [-0.05, 0) is 34.7 Å². The molecule has 0 aliphatic heterocycles. The van der Waals surface area contributed by atoms with Crippen LogP contribution in [0.1, 0.15) is 126 Å². The molecule has 0 saturated carbocycles. The highest BCUT2D eigenvalue weighted by molar-refractivity contribution is 9.11. The molecule has 0 saturated heterocycles. The Bertz CT molecular complexity index is 515. The summed E-state index contributed by atoms with van der Waals surface area (Å²) in [6.07, 6.45) is 22.5. The first-order valence-corrected chi connectivity index (χ1v) is 13.7. The van der Waals surface area contributed by atoms with E-state index in [1.54, 1.807) is 0 Å². The zero-order valence-electron chi connectivity index (χ0n) is 18.9. The van der Waals surface area contributed by atoms with Crippen LogP contribution in [0.3, 0.4) is 0 Å². The molecule has 0 N–H and O–H groups in total. The number of thiophene rings is 1. The van der Waals surface area contributed by atoms with Crippen LogP contribution in [0, 0.1) is 5.92 Å². The van der Waals surface area contributed by atoms with Gasteiger partial charge in [-0.1, -0.05) is 104 Å². The molecule has 1 aromatic rings. The van der Waals surface area contributed by atoms with Gasteiger partial charge >= 0.3 is 0 Å². The standard InChI is InChI=1S/C25H43BrO2S/c1-3-5-7-9-11-12-14-16-18-22(17-15-13-10-8-6-4-2)21-28-24-19-23(20-27)29-25(24)26/h19-20,22H,3-18,21H2,1-2H3. The Labute approximate surface area is 192 Å². The average molecular weight is 488 g/mol. The molecular formula is C25H43BrO2S. The molecule has 0 radical (unpaired) electrons. The molecule has 0 aromatic carbocycles. The summed E-state index contributed by atoms with van der Waals surface area (Å²) in [4.78, 5) is 11.7. The van der Waals surface area contributed by atoms with Crippen molar-refractivity contribution in [3.63, 3.8) is 0 Å². The highest BCUT2D eigenvalue weighted by atomic mass is 79.9. The van der Waals surface area contributed by atoms with Crippen molar-refractivity contribution in [3.05, 3.63) is 14.7 Å². The van der Waals surface area contributed by atoms with E-state index >= 15 is 0 Å². The van der Waals surface area contributed by atoms with Crippen molar-refractivity contribution < 1.29 is 9.53 Å². The average Bonchev–Trinajstić information content (AvgIpc) is 3.09. The van der Waals surface area contributed by atoms with Crippen LogP contribution in [0.15, 0.2) is 9.85 Å². The van der Waals surface area contributed by atoms with Crippen molar-refractivity contribution in [2.75, 3.05) is 6.61 Å². The molecule has 0 spiro atoms.